The number of nitrogens with one attached hydrogen (secondary N) is 1. The molecule has 1 atom stereocenters. The lowest BCUT2D eigenvalue weighted by Crippen LogP contribution is -2.41. The van der Waals surface area contributed by atoms with Crippen molar-refractivity contribution in [1.82, 2.24) is 14.9 Å². The molecule has 0 radical (unpaired) electrons. The van der Waals surface area contributed by atoms with Gasteiger partial charge in [0.25, 0.3) is 11.8 Å². The number of anilines is 1. The number of hydrogen-bond donors (Lipinski definition) is 1. The Kier molecular flexibility index (Phi) is 7.65. The number of hydrogen-bond acceptors (Lipinski definition) is 5. The third-order valence-electron chi connectivity index (χ3n) is 5.64. The van der Waals surface area contributed by atoms with E-state index >= 15 is 0 Å². The number of rotatable bonds is 8. The molecule has 3 aromatic carbocycles. The molecule has 1 heterocycles. The maximum absolute atomic E-state index is 13.8. The van der Waals surface area contributed by atoms with Gasteiger partial charge in [-0.1, -0.05) is 48.0 Å². The van der Waals surface area contributed by atoms with Crippen molar-refractivity contribution in [3.05, 3.63) is 120 Å². The van der Waals surface area contributed by atoms with Gasteiger partial charge in [0.2, 0.25) is 0 Å². The van der Waals surface area contributed by atoms with Gasteiger partial charge < -0.3 is 15.0 Å². The maximum Gasteiger partial charge on any atom is 0.275 e. The van der Waals surface area contributed by atoms with Crippen LogP contribution in [0.4, 0.5) is 10.1 Å². The van der Waals surface area contributed by atoms with Gasteiger partial charge >= 0.3 is 0 Å². The van der Waals surface area contributed by atoms with Gasteiger partial charge in [0.1, 0.15) is 23.3 Å². The summed E-state index contributed by atoms with van der Waals surface area (Å²) in [5.74, 6) is -0.777. The molecule has 36 heavy (non-hydrogen) atoms. The largest absolute Gasteiger partial charge is 0.496 e. The number of carbonyl (C=O) groups is 2. The van der Waals surface area contributed by atoms with Gasteiger partial charge in [0.05, 0.1) is 19.9 Å². The van der Waals surface area contributed by atoms with E-state index in [1.54, 1.807) is 13.2 Å². The minimum atomic E-state index is -1.03. The van der Waals surface area contributed by atoms with Crippen LogP contribution in [0.15, 0.2) is 91.4 Å². The van der Waals surface area contributed by atoms with E-state index in [9.17, 15) is 14.0 Å². The molecule has 0 saturated heterocycles. The third-order valence-corrected chi connectivity index (χ3v) is 5.64. The highest BCUT2D eigenvalue weighted by molar-refractivity contribution is 6.00. The highest BCUT2D eigenvalue weighted by Crippen LogP contribution is 2.29. The SMILES string of the molecule is COc1ccccc1CN(C(=O)c1cnccn1)C(C(=O)Nc1ccc(F)cc1)c1ccc(C)cc1. The number of methoxy groups -OCH3 is 1. The van der Waals surface area contributed by atoms with Crippen LogP contribution in [0.25, 0.3) is 0 Å². The van der Waals surface area contributed by atoms with Crippen molar-refractivity contribution in [1.29, 1.82) is 0 Å². The molecule has 0 saturated carbocycles. The zero-order valence-corrected chi connectivity index (χ0v) is 19.9. The third kappa shape index (κ3) is 5.72. The fourth-order valence-electron chi connectivity index (χ4n) is 3.82. The molecular weight excluding hydrogens is 459 g/mol. The maximum atomic E-state index is 13.8. The van der Waals surface area contributed by atoms with Crippen molar-refractivity contribution in [3.63, 3.8) is 0 Å². The molecule has 0 bridgehead atoms. The topological polar surface area (TPSA) is 84.4 Å². The van der Waals surface area contributed by atoms with Crippen LogP contribution < -0.4 is 10.1 Å². The molecule has 1 N–H and O–H groups in total. The molecule has 0 aliphatic heterocycles. The highest BCUT2D eigenvalue weighted by Gasteiger charge is 2.33. The number of amides is 2. The molecule has 2 amide bonds. The summed E-state index contributed by atoms with van der Waals surface area (Å²) in [6, 6.07) is 19.1. The van der Waals surface area contributed by atoms with Crippen LogP contribution in [0.5, 0.6) is 5.75 Å². The lowest BCUT2D eigenvalue weighted by molar-refractivity contribution is -0.121. The fraction of sp³-hybridized carbons (Fsp3) is 0.143. The van der Waals surface area contributed by atoms with Gasteiger partial charge in [-0.25, -0.2) is 9.37 Å². The zero-order valence-electron chi connectivity index (χ0n) is 19.9. The van der Waals surface area contributed by atoms with Crippen LogP contribution in [-0.2, 0) is 11.3 Å². The van der Waals surface area contributed by atoms with Gasteiger partial charge in [-0.05, 0) is 42.8 Å². The second-order valence-corrected chi connectivity index (χ2v) is 8.14. The number of carbonyl (C=O) groups excluding carboxylic acids is 2. The molecule has 182 valence electrons. The van der Waals surface area contributed by atoms with Crippen LogP contribution in [0.3, 0.4) is 0 Å². The average molecular weight is 485 g/mol. The lowest BCUT2D eigenvalue weighted by atomic mass is 10.0. The minimum absolute atomic E-state index is 0.0643. The lowest BCUT2D eigenvalue weighted by Gasteiger charge is -2.31. The number of aryl methyl sites for hydroxylation is 1. The van der Waals surface area contributed by atoms with Crippen LogP contribution in [0, 0.1) is 12.7 Å². The molecule has 4 aromatic rings. The van der Waals surface area contributed by atoms with E-state index in [0.29, 0.717) is 22.6 Å². The van der Waals surface area contributed by atoms with Gasteiger partial charge in [0, 0.05) is 23.6 Å². The number of benzene rings is 3. The average Bonchev–Trinajstić information content (AvgIpc) is 2.91. The molecule has 1 unspecified atom stereocenters. The molecule has 0 aliphatic rings. The molecule has 8 heteroatoms. The highest BCUT2D eigenvalue weighted by atomic mass is 19.1. The summed E-state index contributed by atoms with van der Waals surface area (Å²) in [4.78, 5) is 37.2. The van der Waals surface area contributed by atoms with E-state index in [-0.39, 0.29) is 12.2 Å². The first-order valence-corrected chi connectivity index (χ1v) is 11.3. The van der Waals surface area contributed by atoms with Crippen molar-refractivity contribution in [2.24, 2.45) is 0 Å². The Morgan fingerprint density at radius 3 is 2.39 bits per heavy atom. The standard InChI is InChI=1S/C28H25FN4O3/c1-19-7-9-20(10-8-19)26(27(34)32-23-13-11-22(29)12-14-23)33(28(35)24-17-30-15-16-31-24)18-21-5-3-4-6-25(21)36-2/h3-17,26H,18H2,1-2H3,(H,32,34). The van der Waals surface area contributed by atoms with Crippen molar-refractivity contribution >= 4 is 17.5 Å². The quantitative estimate of drug-likeness (QED) is 0.382. The van der Waals surface area contributed by atoms with Gasteiger partial charge in [-0.2, -0.15) is 0 Å². The molecule has 7 nitrogen and oxygen atoms in total. The van der Waals surface area contributed by atoms with E-state index in [2.05, 4.69) is 15.3 Å². The van der Waals surface area contributed by atoms with Gasteiger partial charge in [-0.3, -0.25) is 14.6 Å². The Labute approximate surface area is 208 Å². The predicted octanol–water partition coefficient (Wildman–Crippen LogP) is 4.96. The number of para-hydroxylation sites is 1. The Balaban J connectivity index is 1.80. The number of aromatic nitrogens is 2. The van der Waals surface area contributed by atoms with Crippen molar-refractivity contribution < 1.29 is 18.7 Å². The Hall–Kier alpha value is -4.59. The van der Waals surface area contributed by atoms with Crippen LogP contribution in [0.1, 0.15) is 33.2 Å². The second kappa shape index (κ2) is 11.2. The first kappa shape index (κ1) is 24.5. The van der Waals surface area contributed by atoms with Crippen molar-refractivity contribution in [2.45, 2.75) is 19.5 Å². The minimum Gasteiger partial charge on any atom is -0.496 e. The normalized spacial score (nSPS) is 11.4. The summed E-state index contributed by atoms with van der Waals surface area (Å²) >= 11 is 0. The van der Waals surface area contributed by atoms with Crippen molar-refractivity contribution in [3.8, 4) is 5.75 Å². The predicted molar refractivity (Wildman–Crippen MR) is 134 cm³/mol. The van der Waals surface area contributed by atoms with E-state index in [1.807, 2.05) is 49.4 Å². The van der Waals surface area contributed by atoms with E-state index in [4.69, 9.17) is 4.74 Å². The Morgan fingerprint density at radius 2 is 1.72 bits per heavy atom. The molecule has 1 aromatic heterocycles. The van der Waals surface area contributed by atoms with Crippen LogP contribution in [0.2, 0.25) is 0 Å². The summed E-state index contributed by atoms with van der Waals surface area (Å²) in [6.07, 6.45) is 4.26. The first-order valence-electron chi connectivity index (χ1n) is 11.3. The zero-order chi connectivity index (χ0) is 25.5. The van der Waals surface area contributed by atoms with E-state index in [1.165, 1.54) is 47.8 Å². The second-order valence-electron chi connectivity index (χ2n) is 8.14. The summed E-state index contributed by atoms with van der Waals surface area (Å²) in [5, 5.41) is 2.82. The Bertz CT molecular complexity index is 1330. The van der Waals surface area contributed by atoms with Crippen molar-refractivity contribution in [2.75, 3.05) is 12.4 Å². The van der Waals surface area contributed by atoms with Crippen LogP contribution in [-0.4, -0.2) is 33.8 Å². The number of ether oxygens (including phenoxy) is 1. The van der Waals surface area contributed by atoms with Crippen LogP contribution >= 0.6 is 0 Å². The van der Waals surface area contributed by atoms with E-state index in [0.717, 1.165) is 5.56 Å². The number of nitrogens with zero attached hydrogens (tertiary/aromatic N) is 3. The number of halogens is 1. The summed E-state index contributed by atoms with van der Waals surface area (Å²) in [7, 11) is 1.55. The monoisotopic (exact) mass is 484 g/mol. The molecule has 4 rings (SSSR count). The summed E-state index contributed by atoms with van der Waals surface area (Å²) in [5.41, 5.74) is 2.83. The molecule has 0 spiro atoms. The first-order chi connectivity index (χ1) is 17.5. The fourth-order valence-corrected chi connectivity index (χ4v) is 3.82. The Morgan fingerprint density at radius 1 is 1.00 bits per heavy atom. The molecular formula is C28H25FN4O3. The smallest absolute Gasteiger partial charge is 0.275 e. The van der Waals surface area contributed by atoms with Gasteiger partial charge in [0.15, 0.2) is 0 Å². The summed E-state index contributed by atoms with van der Waals surface area (Å²) in [6.45, 7) is 2.00. The molecule has 0 aliphatic carbocycles. The van der Waals surface area contributed by atoms with Gasteiger partial charge in [-0.15, -0.1) is 0 Å². The molecule has 0 fully saturated rings. The summed E-state index contributed by atoms with van der Waals surface area (Å²) < 4.78 is 18.9. The van der Waals surface area contributed by atoms with E-state index < -0.39 is 23.7 Å².